The zero-order valence-corrected chi connectivity index (χ0v) is 21.2. The summed E-state index contributed by atoms with van der Waals surface area (Å²) in [4.78, 5) is 30.9. The van der Waals surface area contributed by atoms with E-state index in [4.69, 9.17) is 4.74 Å². The normalized spacial score (nSPS) is 11.5. The van der Waals surface area contributed by atoms with Crippen LogP contribution in [0.5, 0.6) is 5.75 Å². The minimum absolute atomic E-state index is 0.222. The van der Waals surface area contributed by atoms with Crippen LogP contribution in [-0.4, -0.2) is 32.6 Å². The molecule has 0 aliphatic heterocycles. The number of nitrogens with zero attached hydrogens (tertiary/aromatic N) is 4. The summed E-state index contributed by atoms with van der Waals surface area (Å²) < 4.78 is 8.42. The van der Waals surface area contributed by atoms with E-state index in [1.165, 1.54) is 16.4 Å². The van der Waals surface area contributed by atoms with Gasteiger partial charge in [-0.25, -0.2) is 9.67 Å². The number of benzene rings is 2. The lowest BCUT2D eigenvalue weighted by molar-refractivity contribution is -0.115. The molecular weight excluding hydrogens is 474 g/mol. The Morgan fingerprint density at radius 1 is 1.11 bits per heavy atom. The Balaban J connectivity index is 1.57. The van der Waals surface area contributed by atoms with E-state index in [0.717, 1.165) is 11.3 Å². The summed E-state index contributed by atoms with van der Waals surface area (Å²) in [5.74, 6) is 0.376. The Morgan fingerprint density at radius 3 is 2.44 bits per heavy atom. The Hall–Kier alpha value is -4.29. The van der Waals surface area contributed by atoms with Gasteiger partial charge in [0.2, 0.25) is 5.91 Å². The monoisotopic (exact) mass is 499 g/mol. The Kier molecular flexibility index (Phi) is 7.27. The fraction of sp³-hybridized carbons (Fsp3) is 0.185. The van der Waals surface area contributed by atoms with Gasteiger partial charge in [-0.05, 0) is 62.4 Å². The predicted octanol–water partition coefficient (Wildman–Crippen LogP) is 4.55. The van der Waals surface area contributed by atoms with Crippen LogP contribution in [0.2, 0.25) is 0 Å². The number of carbonyl (C=O) groups excluding carboxylic acids is 1. The number of anilines is 1. The minimum atomic E-state index is -0.611. The number of methoxy groups -OCH3 is 1. The van der Waals surface area contributed by atoms with Gasteiger partial charge in [-0.2, -0.15) is 5.26 Å². The largest absolute Gasteiger partial charge is 0.497 e. The number of para-hydroxylation sites is 1. The summed E-state index contributed by atoms with van der Waals surface area (Å²) in [6.45, 7) is 3.50. The van der Waals surface area contributed by atoms with Crippen LogP contribution in [0, 0.1) is 18.3 Å². The molecule has 0 saturated heterocycles. The first-order chi connectivity index (χ1) is 17.3. The number of rotatable bonds is 7. The Morgan fingerprint density at radius 2 is 1.81 bits per heavy atom. The summed E-state index contributed by atoms with van der Waals surface area (Å²) in [7, 11) is 3.37. The summed E-state index contributed by atoms with van der Waals surface area (Å²) in [5, 5.41) is 12.2. The predicted molar refractivity (Wildman–Crippen MR) is 141 cm³/mol. The van der Waals surface area contributed by atoms with Gasteiger partial charge in [0.05, 0.1) is 35.0 Å². The highest BCUT2D eigenvalue weighted by molar-refractivity contribution is 8.00. The fourth-order valence-corrected chi connectivity index (χ4v) is 4.59. The van der Waals surface area contributed by atoms with Crippen LogP contribution in [0.25, 0.3) is 16.9 Å². The van der Waals surface area contributed by atoms with E-state index < -0.39 is 5.25 Å². The topological polar surface area (TPSA) is 102 Å². The van der Waals surface area contributed by atoms with Gasteiger partial charge in [0.25, 0.3) is 5.56 Å². The van der Waals surface area contributed by atoms with Gasteiger partial charge in [-0.1, -0.05) is 30.0 Å². The van der Waals surface area contributed by atoms with Crippen molar-refractivity contribution in [2.75, 3.05) is 12.4 Å². The third kappa shape index (κ3) is 4.90. The van der Waals surface area contributed by atoms with Crippen molar-refractivity contribution < 1.29 is 9.53 Å². The van der Waals surface area contributed by atoms with Crippen molar-refractivity contribution in [3.05, 3.63) is 88.3 Å². The molecule has 0 fully saturated rings. The van der Waals surface area contributed by atoms with E-state index in [9.17, 15) is 14.9 Å². The van der Waals surface area contributed by atoms with Crippen molar-refractivity contribution >= 4 is 23.4 Å². The van der Waals surface area contributed by atoms with E-state index in [0.29, 0.717) is 27.7 Å². The molecule has 1 atom stereocenters. The Bertz CT molecular complexity index is 1500. The molecule has 4 rings (SSSR count). The van der Waals surface area contributed by atoms with Crippen LogP contribution in [0.1, 0.15) is 18.2 Å². The quantitative estimate of drug-likeness (QED) is 0.375. The molecule has 2 aromatic heterocycles. The van der Waals surface area contributed by atoms with Crippen molar-refractivity contribution in [1.82, 2.24) is 14.3 Å². The van der Waals surface area contributed by atoms with Crippen LogP contribution >= 0.6 is 11.8 Å². The van der Waals surface area contributed by atoms with Crippen LogP contribution < -0.4 is 15.6 Å². The molecule has 2 aromatic carbocycles. The molecule has 2 heterocycles. The number of aromatic nitrogens is 3. The third-order valence-corrected chi connectivity index (χ3v) is 6.93. The van der Waals surface area contributed by atoms with E-state index in [1.54, 1.807) is 44.8 Å². The van der Waals surface area contributed by atoms with Gasteiger partial charge in [-0.3, -0.25) is 14.3 Å². The number of ether oxygens (including phenoxy) is 1. The van der Waals surface area contributed by atoms with Crippen molar-refractivity contribution in [1.29, 1.82) is 5.26 Å². The molecule has 1 N–H and O–H groups in total. The standard InChI is InChI=1S/C27H25N5O3S/c1-17-24(27(34)32(31(17)3)21-8-6-5-7-9-21)30-25(33)18(2)36-26-20(16-28)12-15-23(29-26)19-10-13-22(35-4)14-11-19/h5-15,18H,1-4H3,(H,30,33). The highest BCUT2D eigenvalue weighted by atomic mass is 32.2. The second-order valence-corrected chi connectivity index (χ2v) is 9.40. The lowest BCUT2D eigenvalue weighted by Crippen LogP contribution is -2.27. The third-order valence-electron chi connectivity index (χ3n) is 5.83. The number of amides is 1. The second-order valence-electron chi connectivity index (χ2n) is 8.08. The SMILES string of the molecule is COc1ccc(-c2ccc(C#N)c(SC(C)C(=O)Nc3c(C)n(C)n(-c4ccccc4)c3=O)n2)cc1. The van der Waals surface area contributed by atoms with E-state index in [-0.39, 0.29) is 17.2 Å². The second kappa shape index (κ2) is 10.5. The average Bonchev–Trinajstić information content (AvgIpc) is 3.11. The molecular formula is C27H25N5O3S. The first kappa shape index (κ1) is 24.8. The maximum Gasteiger partial charge on any atom is 0.295 e. The van der Waals surface area contributed by atoms with Crippen molar-refractivity contribution in [3.8, 4) is 28.8 Å². The van der Waals surface area contributed by atoms with Crippen molar-refractivity contribution in [2.24, 2.45) is 7.05 Å². The molecule has 0 radical (unpaired) electrons. The molecule has 4 aromatic rings. The van der Waals surface area contributed by atoms with E-state index in [2.05, 4.69) is 16.4 Å². The van der Waals surface area contributed by atoms with Gasteiger partial charge in [0.1, 0.15) is 22.5 Å². The molecule has 36 heavy (non-hydrogen) atoms. The van der Waals surface area contributed by atoms with Gasteiger partial charge >= 0.3 is 0 Å². The summed E-state index contributed by atoms with van der Waals surface area (Å²) in [6.07, 6.45) is 0. The lowest BCUT2D eigenvalue weighted by atomic mass is 10.1. The number of carbonyl (C=O) groups is 1. The zero-order chi connectivity index (χ0) is 25.8. The van der Waals surface area contributed by atoms with Gasteiger partial charge in [-0.15, -0.1) is 0 Å². The first-order valence-electron chi connectivity index (χ1n) is 11.2. The molecule has 0 saturated carbocycles. The fourth-order valence-electron chi connectivity index (χ4n) is 3.70. The maximum atomic E-state index is 13.1. The van der Waals surface area contributed by atoms with Crippen molar-refractivity contribution in [3.63, 3.8) is 0 Å². The van der Waals surface area contributed by atoms with Crippen LogP contribution in [-0.2, 0) is 11.8 Å². The Labute approximate surface area is 213 Å². The number of nitriles is 1. The van der Waals surface area contributed by atoms with Crippen LogP contribution in [0.3, 0.4) is 0 Å². The zero-order valence-electron chi connectivity index (χ0n) is 20.4. The number of nitrogens with one attached hydrogen (secondary N) is 1. The number of thioether (sulfide) groups is 1. The molecule has 182 valence electrons. The van der Waals surface area contributed by atoms with E-state index in [1.807, 2.05) is 54.6 Å². The average molecular weight is 500 g/mol. The maximum absolute atomic E-state index is 13.1. The van der Waals surface area contributed by atoms with Gasteiger partial charge in [0.15, 0.2) is 0 Å². The highest BCUT2D eigenvalue weighted by Crippen LogP contribution is 2.29. The van der Waals surface area contributed by atoms with Gasteiger partial charge in [0, 0.05) is 12.6 Å². The molecule has 0 aliphatic carbocycles. The molecule has 0 spiro atoms. The van der Waals surface area contributed by atoms with Crippen LogP contribution in [0.4, 0.5) is 5.69 Å². The van der Waals surface area contributed by atoms with Crippen LogP contribution in [0.15, 0.2) is 76.6 Å². The number of hydrogen-bond acceptors (Lipinski definition) is 6. The molecule has 8 nitrogen and oxygen atoms in total. The number of pyridine rings is 1. The minimum Gasteiger partial charge on any atom is -0.497 e. The lowest BCUT2D eigenvalue weighted by Gasteiger charge is -2.13. The molecule has 0 bridgehead atoms. The smallest absolute Gasteiger partial charge is 0.295 e. The molecule has 1 unspecified atom stereocenters. The van der Waals surface area contributed by atoms with Gasteiger partial charge < -0.3 is 10.1 Å². The molecule has 9 heteroatoms. The summed E-state index contributed by atoms with van der Waals surface area (Å²) in [6, 6.07) is 22.3. The molecule has 1 amide bonds. The summed E-state index contributed by atoms with van der Waals surface area (Å²) >= 11 is 1.17. The number of hydrogen-bond donors (Lipinski definition) is 1. The first-order valence-corrected chi connectivity index (χ1v) is 12.1. The van der Waals surface area contributed by atoms with Crippen molar-refractivity contribution in [2.45, 2.75) is 24.1 Å². The summed E-state index contributed by atoms with van der Waals surface area (Å²) in [5.41, 5.74) is 3.15. The highest BCUT2D eigenvalue weighted by Gasteiger charge is 2.23. The molecule has 0 aliphatic rings. The van der Waals surface area contributed by atoms with E-state index >= 15 is 0 Å².